The van der Waals surface area contributed by atoms with Crippen LogP contribution in [0, 0.1) is 0 Å². The van der Waals surface area contributed by atoms with Gasteiger partial charge in [0.05, 0.1) is 11.3 Å². The van der Waals surface area contributed by atoms with Gasteiger partial charge in [0.15, 0.2) is 5.65 Å². The van der Waals surface area contributed by atoms with Crippen molar-refractivity contribution in [1.29, 1.82) is 0 Å². The number of hydrogen-bond donors (Lipinski definition) is 1. The fraction of sp³-hybridized carbons (Fsp3) is 0.310. The lowest BCUT2D eigenvalue weighted by Gasteiger charge is -2.30. The number of benzene rings is 2. The van der Waals surface area contributed by atoms with Crippen molar-refractivity contribution in [3.05, 3.63) is 73.3 Å². The number of aromatic nitrogens is 5. The van der Waals surface area contributed by atoms with Crippen molar-refractivity contribution in [2.75, 3.05) is 18.4 Å². The number of hydrogen-bond acceptors (Lipinski definition) is 6. The lowest BCUT2D eigenvalue weighted by atomic mass is 9.98. The number of nitrogens with zero attached hydrogens (tertiary/aromatic N) is 6. The second kappa shape index (κ2) is 9.66. The first-order valence-corrected chi connectivity index (χ1v) is 12.9. The highest BCUT2D eigenvalue weighted by molar-refractivity contribution is 5.95. The first-order chi connectivity index (χ1) is 17.7. The van der Waals surface area contributed by atoms with Gasteiger partial charge in [-0.05, 0) is 67.3 Å². The SMILES string of the molecule is CCC(C)N1CCC[C@H]1CNc1nc(-c2ccncc2)c(-c2ccc3ccccc3c2)c2nncn12. The van der Waals surface area contributed by atoms with Crippen LogP contribution in [0.15, 0.2) is 73.3 Å². The van der Waals surface area contributed by atoms with Crippen molar-refractivity contribution < 1.29 is 0 Å². The fourth-order valence-electron chi connectivity index (χ4n) is 5.44. The minimum absolute atomic E-state index is 0.498. The predicted octanol–water partition coefficient (Wildman–Crippen LogP) is 5.68. The van der Waals surface area contributed by atoms with Gasteiger partial charge in [-0.2, -0.15) is 0 Å². The van der Waals surface area contributed by atoms with E-state index in [0.717, 1.165) is 46.9 Å². The maximum absolute atomic E-state index is 5.18. The average molecular weight is 478 g/mol. The molecule has 182 valence electrons. The van der Waals surface area contributed by atoms with Crippen molar-refractivity contribution in [2.45, 2.75) is 45.2 Å². The second-order valence-electron chi connectivity index (χ2n) is 9.65. The summed E-state index contributed by atoms with van der Waals surface area (Å²) >= 11 is 0. The van der Waals surface area contributed by atoms with E-state index in [2.05, 4.69) is 81.7 Å². The molecule has 1 saturated heterocycles. The lowest BCUT2D eigenvalue weighted by Crippen LogP contribution is -2.40. The van der Waals surface area contributed by atoms with Crippen LogP contribution in [-0.2, 0) is 0 Å². The smallest absolute Gasteiger partial charge is 0.210 e. The van der Waals surface area contributed by atoms with Gasteiger partial charge >= 0.3 is 0 Å². The molecule has 0 radical (unpaired) electrons. The Bertz CT molecular complexity index is 1490. The maximum atomic E-state index is 5.18. The third-order valence-electron chi connectivity index (χ3n) is 7.52. The van der Waals surface area contributed by atoms with E-state index in [1.165, 1.54) is 30.2 Å². The van der Waals surface area contributed by atoms with Crippen molar-refractivity contribution >= 4 is 22.4 Å². The number of anilines is 1. The highest BCUT2D eigenvalue weighted by Gasteiger charge is 2.28. The molecule has 2 aromatic carbocycles. The molecule has 1 aliphatic heterocycles. The number of rotatable bonds is 7. The summed E-state index contributed by atoms with van der Waals surface area (Å²) in [4.78, 5) is 12.0. The van der Waals surface area contributed by atoms with E-state index in [9.17, 15) is 0 Å². The van der Waals surface area contributed by atoms with Crippen LogP contribution in [0.5, 0.6) is 0 Å². The average Bonchev–Trinajstić information content (AvgIpc) is 3.61. The van der Waals surface area contributed by atoms with E-state index in [4.69, 9.17) is 4.98 Å². The molecule has 0 bridgehead atoms. The minimum atomic E-state index is 0.498. The minimum Gasteiger partial charge on any atom is -0.354 e. The summed E-state index contributed by atoms with van der Waals surface area (Å²) in [6, 6.07) is 20.0. The van der Waals surface area contributed by atoms with E-state index in [0.29, 0.717) is 12.1 Å². The Kier molecular flexibility index (Phi) is 6.07. The van der Waals surface area contributed by atoms with Gasteiger partial charge in [0.2, 0.25) is 5.95 Å². The quantitative estimate of drug-likeness (QED) is 0.325. The largest absolute Gasteiger partial charge is 0.354 e. The van der Waals surface area contributed by atoms with Crippen LogP contribution in [0.2, 0.25) is 0 Å². The van der Waals surface area contributed by atoms with Gasteiger partial charge in [0.1, 0.15) is 6.33 Å². The zero-order valence-electron chi connectivity index (χ0n) is 20.8. The standard InChI is InChI=1S/C29H31N7/c1-3-20(2)35-16-6-9-25(35)18-31-29-33-27(22-12-14-30-15-13-22)26(28-34-32-19-36(28)29)24-11-10-21-7-4-5-8-23(21)17-24/h4-5,7-8,10-15,17,19-20,25H,3,6,9,16,18H2,1-2H3,(H,31,33)/t20?,25-/m0/s1. The van der Waals surface area contributed by atoms with E-state index in [1.54, 1.807) is 6.33 Å². The van der Waals surface area contributed by atoms with Gasteiger partial charge in [0.25, 0.3) is 0 Å². The van der Waals surface area contributed by atoms with Gasteiger partial charge in [0, 0.05) is 36.6 Å². The molecule has 4 heterocycles. The Morgan fingerprint density at radius 3 is 2.69 bits per heavy atom. The van der Waals surface area contributed by atoms with Gasteiger partial charge < -0.3 is 5.32 Å². The van der Waals surface area contributed by atoms with Crippen molar-refractivity contribution in [3.63, 3.8) is 0 Å². The van der Waals surface area contributed by atoms with Gasteiger partial charge in [-0.3, -0.25) is 14.3 Å². The molecule has 7 heteroatoms. The molecule has 2 atom stereocenters. The number of pyridine rings is 1. The van der Waals surface area contributed by atoms with Crippen molar-refractivity contribution in [3.8, 4) is 22.4 Å². The third-order valence-corrected chi connectivity index (χ3v) is 7.52. The summed E-state index contributed by atoms with van der Waals surface area (Å²) in [6.07, 6.45) is 8.99. The van der Waals surface area contributed by atoms with Gasteiger partial charge in [-0.15, -0.1) is 10.2 Å². The Hall–Kier alpha value is -3.84. The molecule has 0 saturated carbocycles. The highest BCUT2D eigenvalue weighted by atomic mass is 15.3. The Morgan fingerprint density at radius 2 is 1.86 bits per heavy atom. The normalized spacial score (nSPS) is 17.1. The Labute approximate surface area is 211 Å². The Balaban J connectivity index is 1.46. The Morgan fingerprint density at radius 1 is 1.03 bits per heavy atom. The summed E-state index contributed by atoms with van der Waals surface area (Å²) in [5.74, 6) is 0.766. The van der Waals surface area contributed by atoms with Crippen LogP contribution >= 0.6 is 0 Å². The number of fused-ring (bicyclic) bond motifs is 2. The first-order valence-electron chi connectivity index (χ1n) is 12.9. The molecule has 36 heavy (non-hydrogen) atoms. The lowest BCUT2D eigenvalue weighted by molar-refractivity contribution is 0.193. The molecular weight excluding hydrogens is 446 g/mol. The van der Waals surface area contributed by atoms with Crippen molar-refractivity contribution in [1.82, 2.24) is 29.5 Å². The third kappa shape index (κ3) is 4.09. The van der Waals surface area contributed by atoms with Crippen LogP contribution in [0.4, 0.5) is 5.95 Å². The molecule has 0 amide bonds. The molecule has 1 N–H and O–H groups in total. The topological polar surface area (TPSA) is 71.2 Å². The van der Waals surface area contributed by atoms with Crippen molar-refractivity contribution in [2.24, 2.45) is 0 Å². The number of nitrogens with one attached hydrogen (secondary N) is 1. The van der Waals surface area contributed by atoms with Crippen LogP contribution in [0.1, 0.15) is 33.1 Å². The first kappa shape index (κ1) is 22.6. The summed E-state index contributed by atoms with van der Waals surface area (Å²) in [5.41, 5.74) is 4.71. The molecular formula is C29H31N7. The molecule has 1 unspecified atom stereocenters. The zero-order valence-corrected chi connectivity index (χ0v) is 20.8. The van der Waals surface area contributed by atoms with Crippen LogP contribution in [0.3, 0.4) is 0 Å². The molecule has 3 aromatic heterocycles. The zero-order chi connectivity index (χ0) is 24.5. The van der Waals surface area contributed by atoms with Crippen LogP contribution in [-0.4, -0.2) is 54.6 Å². The van der Waals surface area contributed by atoms with Crippen LogP contribution in [0.25, 0.3) is 38.8 Å². The monoisotopic (exact) mass is 477 g/mol. The summed E-state index contributed by atoms with van der Waals surface area (Å²) in [6.45, 7) is 6.60. The predicted molar refractivity (Wildman–Crippen MR) is 145 cm³/mol. The van der Waals surface area contributed by atoms with Gasteiger partial charge in [-0.25, -0.2) is 4.98 Å². The molecule has 1 aliphatic rings. The highest BCUT2D eigenvalue weighted by Crippen LogP contribution is 2.36. The van der Waals surface area contributed by atoms with Crippen LogP contribution < -0.4 is 5.32 Å². The molecule has 7 nitrogen and oxygen atoms in total. The molecule has 6 rings (SSSR count). The summed E-state index contributed by atoms with van der Waals surface area (Å²) in [7, 11) is 0. The van der Waals surface area contributed by atoms with E-state index < -0.39 is 0 Å². The van der Waals surface area contributed by atoms with E-state index in [1.807, 2.05) is 28.9 Å². The fourth-order valence-corrected chi connectivity index (χ4v) is 5.44. The summed E-state index contributed by atoms with van der Waals surface area (Å²) < 4.78 is 1.98. The summed E-state index contributed by atoms with van der Waals surface area (Å²) in [5, 5.41) is 14.9. The molecule has 1 fully saturated rings. The van der Waals surface area contributed by atoms with Gasteiger partial charge in [-0.1, -0.05) is 43.3 Å². The van der Waals surface area contributed by atoms with E-state index >= 15 is 0 Å². The van der Waals surface area contributed by atoms with E-state index in [-0.39, 0.29) is 0 Å². The molecule has 5 aromatic rings. The second-order valence-corrected chi connectivity index (χ2v) is 9.65. The molecule has 0 spiro atoms. The molecule has 0 aliphatic carbocycles. The number of likely N-dealkylation sites (tertiary alicyclic amines) is 1. The maximum Gasteiger partial charge on any atom is 0.210 e.